The summed E-state index contributed by atoms with van der Waals surface area (Å²) in [7, 11) is 0. The van der Waals surface area contributed by atoms with E-state index in [1.807, 2.05) is 104 Å². The van der Waals surface area contributed by atoms with E-state index in [0.29, 0.717) is 41.1 Å². The molecule has 1 fully saturated rings. The van der Waals surface area contributed by atoms with Crippen molar-refractivity contribution in [2.45, 2.75) is 12.7 Å². The summed E-state index contributed by atoms with van der Waals surface area (Å²) in [4.78, 5) is 59.2. The molecule has 0 radical (unpaired) electrons. The lowest BCUT2D eigenvalue weighted by atomic mass is 10.2. The Bertz CT molecular complexity index is 3420. The highest BCUT2D eigenvalue weighted by Crippen LogP contribution is 2.34. The van der Waals surface area contributed by atoms with Gasteiger partial charge in [-0.05, 0) is 85.3 Å². The SMILES string of the molecule is Fc1cncc(-c2ncc(-c3cccc(-c4ncccn4)n3)s2)c1.c1cnc(-c2cccc(-c3cnc(-c4cccnc4)s3)n2)nc1.c1cncc(-c2ncc(-c3cccc(C4OCCCO4)n3)s2)c1. The molecule has 0 bridgehead atoms. The summed E-state index contributed by atoms with van der Waals surface area (Å²) in [5, 5.41) is 2.56. The van der Waals surface area contributed by atoms with Gasteiger partial charge in [0.25, 0.3) is 0 Å². The Hall–Kier alpha value is -8.20. The number of hydrogen-bond donors (Lipinski definition) is 0. The average molecular weight is 978 g/mol. The van der Waals surface area contributed by atoms with Gasteiger partial charge in [0.2, 0.25) is 6.29 Å². The smallest absolute Gasteiger partial charge is 0.201 e. The molecule has 342 valence electrons. The molecule has 19 heteroatoms. The number of hydrogen-bond acceptors (Lipinski definition) is 18. The molecule has 0 atom stereocenters. The number of aromatic nitrogens is 13. The molecule has 11 aromatic heterocycles. The molecule has 0 aliphatic carbocycles. The van der Waals surface area contributed by atoms with E-state index in [9.17, 15) is 4.39 Å². The van der Waals surface area contributed by atoms with Crippen molar-refractivity contribution >= 4 is 34.0 Å². The molecule has 1 aliphatic rings. The minimum absolute atomic E-state index is 0.366. The fraction of sp³-hybridized carbons (Fsp3) is 0.0784. The van der Waals surface area contributed by atoms with Crippen LogP contribution in [-0.2, 0) is 9.47 Å². The molecule has 0 unspecified atom stereocenters. The van der Waals surface area contributed by atoms with Gasteiger partial charge in [-0.15, -0.1) is 34.0 Å². The Kier molecular flexibility index (Phi) is 14.5. The second kappa shape index (κ2) is 22.3. The molecule has 0 aromatic carbocycles. The Labute approximate surface area is 412 Å². The van der Waals surface area contributed by atoms with Gasteiger partial charge in [-0.1, -0.05) is 18.2 Å². The van der Waals surface area contributed by atoms with Crippen LogP contribution in [0.15, 0.2) is 178 Å². The zero-order valence-corrected chi connectivity index (χ0v) is 39.1. The number of ether oxygens (including phenoxy) is 2. The average Bonchev–Trinajstić information content (AvgIpc) is 4.26. The zero-order valence-electron chi connectivity index (χ0n) is 36.7. The number of rotatable bonds is 9. The van der Waals surface area contributed by atoms with Crippen molar-refractivity contribution in [1.82, 2.24) is 64.8 Å². The van der Waals surface area contributed by atoms with Crippen molar-refractivity contribution in [2.75, 3.05) is 13.2 Å². The van der Waals surface area contributed by atoms with Gasteiger partial charge in [0.15, 0.2) is 11.6 Å². The van der Waals surface area contributed by atoms with E-state index in [-0.39, 0.29) is 12.1 Å². The van der Waals surface area contributed by atoms with E-state index < -0.39 is 0 Å². The quantitative estimate of drug-likeness (QED) is 0.133. The normalized spacial score (nSPS) is 12.3. The molecule has 12 rings (SSSR count). The fourth-order valence-electron chi connectivity index (χ4n) is 6.72. The number of halogens is 1. The minimum Gasteiger partial charge on any atom is -0.347 e. The highest BCUT2D eigenvalue weighted by atomic mass is 32.1. The molecule has 12 heterocycles. The van der Waals surface area contributed by atoms with Crippen LogP contribution in [-0.4, -0.2) is 78.0 Å². The van der Waals surface area contributed by atoms with Crippen molar-refractivity contribution in [3.05, 3.63) is 189 Å². The molecule has 1 aliphatic heterocycles. The maximum absolute atomic E-state index is 13.3. The maximum atomic E-state index is 13.3. The first-order valence-corrected chi connectivity index (χ1v) is 24.0. The van der Waals surface area contributed by atoms with E-state index in [0.717, 1.165) is 70.7 Å². The summed E-state index contributed by atoms with van der Waals surface area (Å²) < 4.78 is 24.6. The van der Waals surface area contributed by atoms with Crippen LogP contribution in [0.4, 0.5) is 4.39 Å². The Morgan fingerprint density at radius 1 is 0.414 bits per heavy atom. The first-order chi connectivity index (χ1) is 34.6. The third-order valence-electron chi connectivity index (χ3n) is 9.97. The summed E-state index contributed by atoms with van der Waals surface area (Å²) in [6.07, 6.45) is 22.7. The number of thiazole rings is 3. The van der Waals surface area contributed by atoms with Crippen LogP contribution >= 0.6 is 34.0 Å². The molecule has 0 spiro atoms. The van der Waals surface area contributed by atoms with E-state index in [4.69, 9.17) is 9.47 Å². The van der Waals surface area contributed by atoms with Crippen LogP contribution in [0.5, 0.6) is 0 Å². The van der Waals surface area contributed by atoms with Gasteiger partial charge in [0, 0.05) is 91.1 Å². The third-order valence-corrected chi connectivity index (χ3v) is 13.2. The second-order valence-corrected chi connectivity index (χ2v) is 17.9. The van der Waals surface area contributed by atoms with Crippen molar-refractivity contribution in [3.63, 3.8) is 0 Å². The predicted molar refractivity (Wildman–Crippen MR) is 267 cm³/mol. The standard InChI is InChI=1S/C17H10FN5S.C17H11N5S.C17H15N3O2S/c18-12-7-11(8-19-9-12)17-22-10-15(24-17)13-3-1-4-14(23-13)16-20-5-2-6-21-16;1-5-13(22-14(6-1)16-19-8-3-9-20-16)15-11-21-17(23-15)12-4-2-7-18-10-12;1-5-13(20-14(6-1)17-21-8-3-9-22-17)15-11-19-16(23-15)12-4-2-7-18-10-12/h1-10H;1-11H;1-2,4-7,10-11,17H,3,8-9H2. The van der Waals surface area contributed by atoms with Gasteiger partial charge in [-0.25, -0.2) is 54.2 Å². The van der Waals surface area contributed by atoms with Crippen molar-refractivity contribution in [2.24, 2.45) is 0 Å². The monoisotopic (exact) mass is 977 g/mol. The topological polar surface area (TPSA) is 186 Å². The van der Waals surface area contributed by atoms with Gasteiger partial charge in [0.1, 0.15) is 32.2 Å². The van der Waals surface area contributed by atoms with E-state index in [1.165, 1.54) is 23.6 Å². The van der Waals surface area contributed by atoms with Gasteiger partial charge >= 0.3 is 0 Å². The van der Waals surface area contributed by atoms with E-state index in [1.54, 1.807) is 84.4 Å². The zero-order chi connectivity index (χ0) is 47.3. The molecule has 11 aromatic rings. The summed E-state index contributed by atoms with van der Waals surface area (Å²) in [5.41, 5.74) is 7.43. The van der Waals surface area contributed by atoms with E-state index >= 15 is 0 Å². The summed E-state index contributed by atoms with van der Waals surface area (Å²) in [6, 6.07) is 30.1. The van der Waals surface area contributed by atoms with Gasteiger partial charge < -0.3 is 9.47 Å². The number of nitrogens with zero attached hydrogens (tertiary/aromatic N) is 13. The molecule has 0 saturated carbocycles. The van der Waals surface area contributed by atoms with Crippen LogP contribution in [0.2, 0.25) is 0 Å². The van der Waals surface area contributed by atoms with Gasteiger partial charge in [-0.3, -0.25) is 15.0 Å². The molecule has 0 amide bonds. The molecule has 1 saturated heterocycles. The summed E-state index contributed by atoms with van der Waals surface area (Å²) >= 11 is 4.62. The summed E-state index contributed by atoms with van der Waals surface area (Å²) in [6.45, 7) is 1.42. The first-order valence-electron chi connectivity index (χ1n) is 21.6. The van der Waals surface area contributed by atoms with Crippen LogP contribution in [0.3, 0.4) is 0 Å². The Balaban J connectivity index is 0.000000122. The van der Waals surface area contributed by atoms with Crippen LogP contribution in [0, 0.1) is 5.82 Å². The lowest BCUT2D eigenvalue weighted by Gasteiger charge is -2.22. The lowest BCUT2D eigenvalue weighted by molar-refractivity contribution is -0.185. The highest BCUT2D eigenvalue weighted by Gasteiger charge is 2.19. The fourth-order valence-corrected chi connectivity index (χ4v) is 9.34. The van der Waals surface area contributed by atoms with Gasteiger partial charge in [0.05, 0.1) is 56.8 Å². The second-order valence-electron chi connectivity index (χ2n) is 14.8. The van der Waals surface area contributed by atoms with Crippen molar-refractivity contribution in [1.29, 1.82) is 0 Å². The van der Waals surface area contributed by atoms with Crippen LogP contribution < -0.4 is 0 Å². The van der Waals surface area contributed by atoms with Crippen LogP contribution in [0.25, 0.3) is 86.5 Å². The first kappa shape index (κ1) is 45.6. The molecular formula is C51H36FN13O2S3. The highest BCUT2D eigenvalue weighted by molar-refractivity contribution is 7.19. The maximum Gasteiger partial charge on any atom is 0.201 e. The summed E-state index contributed by atoms with van der Waals surface area (Å²) in [5.74, 6) is 0.801. The predicted octanol–water partition coefficient (Wildman–Crippen LogP) is 11.3. The Morgan fingerprint density at radius 3 is 1.36 bits per heavy atom. The number of pyridine rings is 6. The van der Waals surface area contributed by atoms with Crippen LogP contribution in [0.1, 0.15) is 18.4 Å². The third kappa shape index (κ3) is 11.4. The largest absolute Gasteiger partial charge is 0.347 e. The molecule has 15 nitrogen and oxygen atoms in total. The minimum atomic E-state index is -0.384. The van der Waals surface area contributed by atoms with Crippen molar-refractivity contribution in [3.8, 4) is 86.5 Å². The molecule has 70 heavy (non-hydrogen) atoms. The molecular weight excluding hydrogens is 942 g/mol. The molecule has 0 N–H and O–H groups in total. The lowest BCUT2D eigenvalue weighted by Crippen LogP contribution is -2.18. The van der Waals surface area contributed by atoms with E-state index in [2.05, 4.69) is 64.8 Å². The van der Waals surface area contributed by atoms with Gasteiger partial charge in [-0.2, -0.15) is 0 Å². The Morgan fingerprint density at radius 2 is 0.871 bits per heavy atom. The van der Waals surface area contributed by atoms with Crippen molar-refractivity contribution < 1.29 is 13.9 Å².